The summed E-state index contributed by atoms with van der Waals surface area (Å²) < 4.78 is 5.31. The monoisotopic (exact) mass is 309 g/mol. The van der Waals surface area contributed by atoms with E-state index in [2.05, 4.69) is 23.5 Å². The first-order valence-corrected chi connectivity index (χ1v) is 8.83. The van der Waals surface area contributed by atoms with E-state index in [-0.39, 0.29) is 0 Å². The van der Waals surface area contributed by atoms with Gasteiger partial charge >= 0.3 is 0 Å². The number of rotatable bonds is 7. The highest BCUT2D eigenvalue weighted by atomic mass is 32.2. The summed E-state index contributed by atoms with van der Waals surface area (Å²) in [5.41, 5.74) is 2.32. The number of hydrogen-bond acceptors (Lipinski definition) is 4. The Morgan fingerprint density at radius 2 is 2.19 bits per heavy atom. The molecule has 0 saturated carbocycles. The second-order valence-electron chi connectivity index (χ2n) is 6.39. The number of thioether (sulfide) groups is 1. The van der Waals surface area contributed by atoms with E-state index >= 15 is 0 Å². The number of fused-ring (bicyclic) bond motifs is 1. The summed E-state index contributed by atoms with van der Waals surface area (Å²) in [6, 6.07) is 6.99. The summed E-state index contributed by atoms with van der Waals surface area (Å²) in [4.78, 5) is 0. The molecule has 0 saturated heterocycles. The van der Waals surface area contributed by atoms with Gasteiger partial charge in [0.25, 0.3) is 0 Å². The van der Waals surface area contributed by atoms with E-state index in [9.17, 15) is 5.11 Å². The SMILES string of the molecule is COc1ccc2c(c1)CC(NCCSCC(C)(C)O)CC2. The molecule has 0 fully saturated rings. The van der Waals surface area contributed by atoms with Crippen LogP contribution in [0.25, 0.3) is 0 Å². The minimum Gasteiger partial charge on any atom is -0.497 e. The van der Waals surface area contributed by atoms with Gasteiger partial charge in [0.2, 0.25) is 0 Å². The summed E-state index contributed by atoms with van der Waals surface area (Å²) >= 11 is 1.81. The van der Waals surface area contributed by atoms with Crippen LogP contribution in [0.2, 0.25) is 0 Å². The third-order valence-corrected chi connectivity index (χ3v) is 5.18. The van der Waals surface area contributed by atoms with Crippen LogP contribution in [-0.4, -0.2) is 41.9 Å². The number of hydrogen-bond donors (Lipinski definition) is 2. The van der Waals surface area contributed by atoms with Gasteiger partial charge in [0, 0.05) is 24.1 Å². The molecule has 0 aliphatic heterocycles. The number of nitrogens with one attached hydrogen (secondary N) is 1. The van der Waals surface area contributed by atoms with Crippen molar-refractivity contribution in [2.24, 2.45) is 0 Å². The van der Waals surface area contributed by atoms with Crippen LogP contribution >= 0.6 is 11.8 Å². The maximum Gasteiger partial charge on any atom is 0.119 e. The zero-order chi connectivity index (χ0) is 15.3. The van der Waals surface area contributed by atoms with Gasteiger partial charge in [-0.2, -0.15) is 11.8 Å². The molecule has 1 aliphatic rings. The van der Waals surface area contributed by atoms with Crippen molar-refractivity contribution < 1.29 is 9.84 Å². The van der Waals surface area contributed by atoms with E-state index in [0.717, 1.165) is 36.6 Å². The van der Waals surface area contributed by atoms with Gasteiger partial charge in [-0.25, -0.2) is 0 Å². The van der Waals surface area contributed by atoms with E-state index in [1.165, 1.54) is 17.5 Å². The molecule has 4 heteroatoms. The van der Waals surface area contributed by atoms with Gasteiger partial charge in [-0.1, -0.05) is 6.07 Å². The molecule has 1 aromatic carbocycles. The molecule has 0 bridgehead atoms. The Morgan fingerprint density at radius 1 is 1.38 bits per heavy atom. The van der Waals surface area contributed by atoms with Crippen LogP contribution in [0.4, 0.5) is 0 Å². The average molecular weight is 309 g/mol. The second kappa shape index (κ2) is 7.52. The lowest BCUT2D eigenvalue weighted by Crippen LogP contribution is -2.36. The third-order valence-electron chi connectivity index (χ3n) is 3.78. The molecule has 0 heterocycles. The zero-order valence-electron chi connectivity index (χ0n) is 13.3. The van der Waals surface area contributed by atoms with Gasteiger partial charge in [-0.3, -0.25) is 0 Å². The second-order valence-corrected chi connectivity index (χ2v) is 7.50. The van der Waals surface area contributed by atoms with Crippen molar-refractivity contribution in [3.8, 4) is 5.75 Å². The first-order valence-electron chi connectivity index (χ1n) is 7.67. The molecule has 0 amide bonds. The van der Waals surface area contributed by atoms with Crippen LogP contribution in [0.15, 0.2) is 18.2 Å². The Hall–Kier alpha value is -0.710. The summed E-state index contributed by atoms with van der Waals surface area (Å²) in [7, 11) is 1.72. The zero-order valence-corrected chi connectivity index (χ0v) is 14.1. The molecule has 0 spiro atoms. The Kier molecular flexibility index (Phi) is 5.97. The molecule has 0 radical (unpaired) electrons. The maximum atomic E-state index is 9.67. The molecular formula is C17H27NO2S. The molecule has 21 heavy (non-hydrogen) atoms. The molecule has 1 aliphatic carbocycles. The lowest BCUT2D eigenvalue weighted by molar-refractivity contribution is 0.107. The largest absolute Gasteiger partial charge is 0.497 e. The number of aliphatic hydroxyl groups is 1. The average Bonchev–Trinajstić information content (AvgIpc) is 2.45. The van der Waals surface area contributed by atoms with Crippen molar-refractivity contribution in [1.29, 1.82) is 0 Å². The number of aryl methyl sites for hydroxylation is 1. The van der Waals surface area contributed by atoms with Gasteiger partial charge in [-0.15, -0.1) is 0 Å². The number of methoxy groups -OCH3 is 1. The van der Waals surface area contributed by atoms with Crippen molar-refractivity contribution in [1.82, 2.24) is 5.32 Å². The molecule has 118 valence electrons. The summed E-state index contributed by atoms with van der Waals surface area (Å²) in [5, 5.41) is 13.3. The minimum atomic E-state index is -0.564. The Labute approximate surface area is 132 Å². The van der Waals surface area contributed by atoms with Gasteiger partial charge in [0.15, 0.2) is 0 Å². The molecular weight excluding hydrogens is 282 g/mol. The predicted molar refractivity (Wildman–Crippen MR) is 90.4 cm³/mol. The van der Waals surface area contributed by atoms with Gasteiger partial charge < -0.3 is 15.2 Å². The van der Waals surface area contributed by atoms with Crippen LogP contribution in [0.3, 0.4) is 0 Å². The van der Waals surface area contributed by atoms with Gasteiger partial charge in [0.05, 0.1) is 12.7 Å². The van der Waals surface area contributed by atoms with E-state index in [4.69, 9.17) is 4.74 Å². The number of ether oxygens (including phenoxy) is 1. The molecule has 1 aromatic rings. The standard InChI is InChI=1S/C17H27NO2S/c1-17(2,19)12-21-9-8-18-15-6-4-13-5-7-16(20-3)11-14(13)10-15/h5,7,11,15,18-19H,4,6,8-10,12H2,1-3H3. The smallest absolute Gasteiger partial charge is 0.119 e. The van der Waals surface area contributed by atoms with Crippen molar-refractivity contribution in [2.45, 2.75) is 44.8 Å². The van der Waals surface area contributed by atoms with Crippen LogP contribution < -0.4 is 10.1 Å². The lowest BCUT2D eigenvalue weighted by atomic mass is 9.88. The molecule has 1 unspecified atom stereocenters. The van der Waals surface area contributed by atoms with E-state index in [0.29, 0.717) is 6.04 Å². The summed E-state index contributed by atoms with van der Waals surface area (Å²) in [6.45, 7) is 4.72. The predicted octanol–water partition coefficient (Wildman–Crippen LogP) is 2.65. The van der Waals surface area contributed by atoms with E-state index in [1.807, 2.05) is 25.6 Å². The quantitative estimate of drug-likeness (QED) is 0.760. The van der Waals surface area contributed by atoms with Crippen molar-refractivity contribution >= 4 is 11.8 Å². The van der Waals surface area contributed by atoms with Crippen molar-refractivity contribution in [3.63, 3.8) is 0 Å². The molecule has 3 nitrogen and oxygen atoms in total. The summed E-state index contributed by atoms with van der Waals surface area (Å²) in [5.74, 6) is 2.79. The van der Waals surface area contributed by atoms with Crippen LogP contribution in [0, 0.1) is 0 Å². The van der Waals surface area contributed by atoms with E-state index < -0.39 is 5.60 Å². The first kappa shape index (κ1) is 16.7. The highest BCUT2D eigenvalue weighted by molar-refractivity contribution is 7.99. The fraction of sp³-hybridized carbons (Fsp3) is 0.647. The van der Waals surface area contributed by atoms with Gasteiger partial charge in [-0.05, 0) is 56.4 Å². The fourth-order valence-corrected chi connectivity index (χ4v) is 3.60. The topological polar surface area (TPSA) is 41.5 Å². The maximum absolute atomic E-state index is 9.67. The molecule has 1 atom stereocenters. The molecule has 0 aromatic heterocycles. The summed E-state index contributed by atoms with van der Waals surface area (Å²) in [6.07, 6.45) is 3.44. The Bertz CT molecular complexity index is 457. The first-order chi connectivity index (χ1) is 9.98. The molecule has 2 rings (SSSR count). The Balaban J connectivity index is 1.74. The van der Waals surface area contributed by atoms with Crippen LogP contribution in [0.5, 0.6) is 5.75 Å². The highest BCUT2D eigenvalue weighted by Crippen LogP contribution is 2.25. The highest BCUT2D eigenvalue weighted by Gasteiger charge is 2.18. The van der Waals surface area contributed by atoms with E-state index in [1.54, 1.807) is 7.11 Å². The van der Waals surface area contributed by atoms with Gasteiger partial charge in [0.1, 0.15) is 5.75 Å². The van der Waals surface area contributed by atoms with Crippen molar-refractivity contribution in [3.05, 3.63) is 29.3 Å². The van der Waals surface area contributed by atoms with Crippen molar-refractivity contribution in [2.75, 3.05) is 25.2 Å². The number of benzene rings is 1. The molecule has 2 N–H and O–H groups in total. The Morgan fingerprint density at radius 3 is 2.90 bits per heavy atom. The minimum absolute atomic E-state index is 0.562. The third kappa shape index (κ3) is 5.53. The van der Waals surface area contributed by atoms with Crippen LogP contribution in [-0.2, 0) is 12.8 Å². The normalized spacial score (nSPS) is 18.4. The van der Waals surface area contributed by atoms with Crippen LogP contribution in [0.1, 0.15) is 31.4 Å². The fourth-order valence-electron chi connectivity index (χ4n) is 2.69. The lowest BCUT2D eigenvalue weighted by Gasteiger charge is -2.26.